The smallest absolute Gasteiger partial charge is 0.122 e. The molecule has 0 aliphatic carbocycles. The summed E-state index contributed by atoms with van der Waals surface area (Å²) in [6, 6.07) is 18.4. The van der Waals surface area contributed by atoms with E-state index < -0.39 is 6.10 Å². The summed E-state index contributed by atoms with van der Waals surface area (Å²) in [5.41, 5.74) is 2.39. The summed E-state index contributed by atoms with van der Waals surface area (Å²) in [6.07, 6.45) is -0.540. The van der Waals surface area contributed by atoms with Crippen molar-refractivity contribution in [2.75, 3.05) is 13.2 Å². The maximum absolute atomic E-state index is 10.1. The van der Waals surface area contributed by atoms with Gasteiger partial charge in [0.25, 0.3) is 0 Å². The number of hydrogen-bond acceptors (Lipinski definition) is 3. The van der Waals surface area contributed by atoms with Crippen molar-refractivity contribution in [2.24, 2.45) is 0 Å². The quantitative estimate of drug-likeness (QED) is 0.776. The van der Waals surface area contributed by atoms with Crippen molar-refractivity contribution in [2.45, 2.75) is 38.8 Å². The first-order valence-corrected chi connectivity index (χ1v) is 8.26. The Morgan fingerprint density at radius 3 is 2.30 bits per heavy atom. The molecular formula is C20H27NO2. The van der Waals surface area contributed by atoms with Crippen LogP contribution >= 0.6 is 0 Å². The normalized spacial score (nSPS) is 13.8. The van der Waals surface area contributed by atoms with E-state index in [1.807, 2.05) is 36.4 Å². The Morgan fingerprint density at radius 1 is 0.957 bits per heavy atom. The van der Waals surface area contributed by atoms with E-state index in [2.05, 4.69) is 44.3 Å². The van der Waals surface area contributed by atoms with Crippen LogP contribution < -0.4 is 10.1 Å². The molecule has 0 bridgehead atoms. The highest BCUT2D eigenvalue weighted by atomic mass is 16.5. The predicted molar refractivity (Wildman–Crippen MR) is 94.9 cm³/mol. The average molecular weight is 313 g/mol. The Morgan fingerprint density at radius 2 is 1.61 bits per heavy atom. The fraction of sp³-hybridized carbons (Fsp3) is 0.400. The monoisotopic (exact) mass is 313 g/mol. The highest BCUT2D eigenvalue weighted by molar-refractivity contribution is 5.35. The van der Waals surface area contributed by atoms with E-state index in [-0.39, 0.29) is 12.6 Å². The molecule has 0 heterocycles. The van der Waals surface area contributed by atoms with Gasteiger partial charge in [-0.05, 0) is 30.0 Å². The van der Waals surface area contributed by atoms with E-state index in [0.29, 0.717) is 12.5 Å². The number of nitrogens with one attached hydrogen (secondary N) is 1. The van der Waals surface area contributed by atoms with E-state index in [1.165, 1.54) is 11.1 Å². The zero-order chi connectivity index (χ0) is 16.7. The highest BCUT2D eigenvalue weighted by Gasteiger charge is 2.11. The van der Waals surface area contributed by atoms with Crippen molar-refractivity contribution >= 4 is 0 Å². The van der Waals surface area contributed by atoms with Crippen molar-refractivity contribution in [3.63, 3.8) is 0 Å². The SMILES string of the molecule is CC(C)c1ccccc1OC[C@@H](O)CN[C@H](C)c1ccccc1. The van der Waals surface area contributed by atoms with Gasteiger partial charge < -0.3 is 15.2 Å². The predicted octanol–water partition coefficient (Wildman–Crippen LogP) is 3.90. The van der Waals surface area contributed by atoms with Crippen LogP contribution in [0.3, 0.4) is 0 Å². The van der Waals surface area contributed by atoms with Gasteiger partial charge in [0.15, 0.2) is 0 Å². The van der Waals surface area contributed by atoms with Crippen molar-refractivity contribution in [3.05, 3.63) is 65.7 Å². The fourth-order valence-electron chi connectivity index (χ4n) is 2.51. The molecular weight excluding hydrogens is 286 g/mol. The lowest BCUT2D eigenvalue weighted by Crippen LogP contribution is -2.33. The molecule has 0 aliphatic rings. The molecule has 0 unspecified atom stereocenters. The first-order chi connectivity index (χ1) is 11.1. The molecule has 2 aromatic rings. The molecule has 23 heavy (non-hydrogen) atoms. The van der Waals surface area contributed by atoms with Crippen LogP contribution in [0.1, 0.15) is 43.9 Å². The molecule has 0 spiro atoms. The van der Waals surface area contributed by atoms with Crippen molar-refractivity contribution < 1.29 is 9.84 Å². The summed E-state index contributed by atoms with van der Waals surface area (Å²) < 4.78 is 5.81. The van der Waals surface area contributed by atoms with Gasteiger partial charge in [-0.15, -0.1) is 0 Å². The lowest BCUT2D eigenvalue weighted by Gasteiger charge is -2.19. The van der Waals surface area contributed by atoms with Crippen LogP contribution in [0.4, 0.5) is 0 Å². The van der Waals surface area contributed by atoms with Crippen LogP contribution in [0.25, 0.3) is 0 Å². The lowest BCUT2D eigenvalue weighted by atomic mass is 10.0. The Kier molecular flexibility index (Phi) is 6.63. The van der Waals surface area contributed by atoms with Crippen LogP contribution in [0.15, 0.2) is 54.6 Å². The number of para-hydroxylation sites is 1. The van der Waals surface area contributed by atoms with Gasteiger partial charge in [0.2, 0.25) is 0 Å². The molecule has 0 saturated carbocycles. The highest BCUT2D eigenvalue weighted by Crippen LogP contribution is 2.25. The van der Waals surface area contributed by atoms with Crippen molar-refractivity contribution in [1.82, 2.24) is 5.32 Å². The third-order valence-electron chi connectivity index (χ3n) is 3.93. The second-order valence-electron chi connectivity index (χ2n) is 6.20. The van der Waals surface area contributed by atoms with Crippen LogP contribution in [0, 0.1) is 0 Å². The van der Waals surface area contributed by atoms with Crippen LogP contribution in [-0.2, 0) is 0 Å². The number of ether oxygens (including phenoxy) is 1. The first kappa shape index (κ1) is 17.5. The Balaban J connectivity index is 1.81. The molecule has 0 aliphatic heterocycles. The van der Waals surface area contributed by atoms with Gasteiger partial charge in [-0.2, -0.15) is 0 Å². The zero-order valence-corrected chi connectivity index (χ0v) is 14.2. The third kappa shape index (κ3) is 5.38. The van der Waals surface area contributed by atoms with Crippen LogP contribution in [0.2, 0.25) is 0 Å². The standard InChI is InChI=1S/C20H27NO2/c1-15(2)19-11-7-8-12-20(19)23-14-18(22)13-21-16(3)17-9-5-4-6-10-17/h4-12,15-16,18,21-22H,13-14H2,1-3H3/t16-,18+/m1/s1. The third-order valence-corrected chi connectivity index (χ3v) is 3.93. The number of hydrogen-bond donors (Lipinski definition) is 2. The molecule has 2 N–H and O–H groups in total. The largest absolute Gasteiger partial charge is 0.491 e. The maximum Gasteiger partial charge on any atom is 0.122 e. The van der Waals surface area contributed by atoms with Gasteiger partial charge >= 0.3 is 0 Å². The van der Waals surface area contributed by atoms with Crippen molar-refractivity contribution in [1.29, 1.82) is 0 Å². The summed E-state index contributed by atoms with van der Waals surface area (Å²) in [5.74, 6) is 1.26. The topological polar surface area (TPSA) is 41.5 Å². The Hall–Kier alpha value is -1.84. The minimum Gasteiger partial charge on any atom is -0.491 e. The van der Waals surface area contributed by atoms with Gasteiger partial charge in [0.05, 0.1) is 0 Å². The first-order valence-electron chi connectivity index (χ1n) is 8.26. The molecule has 2 rings (SSSR count). The summed E-state index contributed by atoms with van der Waals surface area (Å²) in [5, 5.41) is 13.5. The average Bonchev–Trinajstić information content (AvgIpc) is 2.58. The minimum atomic E-state index is -0.540. The van der Waals surface area contributed by atoms with E-state index in [1.54, 1.807) is 0 Å². The molecule has 2 aromatic carbocycles. The molecule has 0 radical (unpaired) electrons. The number of aliphatic hydroxyl groups is 1. The second kappa shape index (κ2) is 8.70. The van der Waals surface area contributed by atoms with Gasteiger partial charge in [-0.25, -0.2) is 0 Å². The molecule has 124 valence electrons. The number of benzene rings is 2. The van der Waals surface area contributed by atoms with E-state index in [9.17, 15) is 5.11 Å². The summed E-state index contributed by atoms with van der Waals surface area (Å²) in [6.45, 7) is 7.17. The molecule has 0 saturated heterocycles. The maximum atomic E-state index is 10.1. The summed E-state index contributed by atoms with van der Waals surface area (Å²) >= 11 is 0. The number of rotatable bonds is 8. The van der Waals surface area contributed by atoms with Gasteiger partial charge in [-0.3, -0.25) is 0 Å². The van der Waals surface area contributed by atoms with Gasteiger partial charge in [0.1, 0.15) is 18.5 Å². The Labute approximate surface area is 139 Å². The van der Waals surface area contributed by atoms with E-state index >= 15 is 0 Å². The molecule has 3 heteroatoms. The summed E-state index contributed by atoms with van der Waals surface area (Å²) in [7, 11) is 0. The fourth-order valence-corrected chi connectivity index (χ4v) is 2.51. The lowest BCUT2D eigenvalue weighted by molar-refractivity contribution is 0.103. The van der Waals surface area contributed by atoms with E-state index in [0.717, 1.165) is 5.75 Å². The summed E-state index contributed by atoms with van der Waals surface area (Å²) in [4.78, 5) is 0. The molecule has 0 amide bonds. The van der Waals surface area contributed by atoms with Gasteiger partial charge in [0, 0.05) is 12.6 Å². The molecule has 3 nitrogen and oxygen atoms in total. The van der Waals surface area contributed by atoms with Gasteiger partial charge in [-0.1, -0.05) is 62.4 Å². The zero-order valence-electron chi connectivity index (χ0n) is 14.2. The molecule has 2 atom stereocenters. The molecule has 0 aromatic heterocycles. The minimum absolute atomic E-state index is 0.203. The Bertz CT molecular complexity index is 583. The van der Waals surface area contributed by atoms with E-state index in [4.69, 9.17) is 4.74 Å². The number of aliphatic hydroxyl groups excluding tert-OH is 1. The van der Waals surface area contributed by atoms with Crippen LogP contribution in [0.5, 0.6) is 5.75 Å². The van der Waals surface area contributed by atoms with Crippen LogP contribution in [-0.4, -0.2) is 24.4 Å². The van der Waals surface area contributed by atoms with Crippen molar-refractivity contribution in [3.8, 4) is 5.75 Å². The molecule has 0 fully saturated rings. The second-order valence-corrected chi connectivity index (χ2v) is 6.20.